The summed E-state index contributed by atoms with van der Waals surface area (Å²) in [7, 11) is 0. The van der Waals surface area contributed by atoms with Gasteiger partial charge in [0.1, 0.15) is 12.4 Å². The first-order valence-corrected chi connectivity index (χ1v) is 11.1. The molecule has 1 saturated carbocycles. The predicted octanol–water partition coefficient (Wildman–Crippen LogP) is 6.02. The maximum atomic E-state index is 13.6. The van der Waals surface area contributed by atoms with E-state index in [9.17, 15) is 19.1 Å². The predicted molar refractivity (Wildman–Crippen MR) is 122 cm³/mol. The third-order valence-corrected chi connectivity index (χ3v) is 6.55. The van der Waals surface area contributed by atoms with Crippen LogP contribution in [-0.4, -0.2) is 34.7 Å². The number of aliphatic carboxylic acids is 1. The van der Waals surface area contributed by atoms with Gasteiger partial charge in [0.25, 0.3) is 0 Å². The van der Waals surface area contributed by atoms with Crippen molar-refractivity contribution >= 4 is 23.7 Å². The number of fused-ring (bicyclic) bond motifs is 3. The van der Waals surface area contributed by atoms with Gasteiger partial charge in [-0.1, -0.05) is 66.2 Å². The molecule has 1 amide bonds. The van der Waals surface area contributed by atoms with Crippen molar-refractivity contribution < 1.29 is 23.8 Å². The molecule has 0 heterocycles. The molecular formula is C26H21ClFNO4. The molecule has 5 nitrogen and oxygen atoms in total. The fraction of sp³-hybridized carbons (Fsp3) is 0.231. The zero-order chi connectivity index (χ0) is 23.1. The molecule has 0 aliphatic heterocycles. The highest BCUT2D eigenvalue weighted by Crippen LogP contribution is 2.45. The SMILES string of the molecule is O=C(O)C(c1ccc(F)c(Cl)c1)N(C(=O)OCC1c2ccccc2-c2ccccc21)C1CC1. The van der Waals surface area contributed by atoms with E-state index >= 15 is 0 Å². The molecule has 3 aromatic carbocycles. The summed E-state index contributed by atoms with van der Waals surface area (Å²) in [4.78, 5) is 26.6. The highest BCUT2D eigenvalue weighted by Gasteiger charge is 2.43. The number of hydrogen-bond donors (Lipinski definition) is 1. The van der Waals surface area contributed by atoms with Gasteiger partial charge in [0, 0.05) is 12.0 Å². The molecule has 5 rings (SSSR count). The number of rotatable bonds is 6. The van der Waals surface area contributed by atoms with Gasteiger partial charge in [-0.05, 0) is 52.8 Å². The molecule has 0 bridgehead atoms. The van der Waals surface area contributed by atoms with Gasteiger partial charge in [-0.2, -0.15) is 0 Å². The Morgan fingerprint density at radius 3 is 2.18 bits per heavy atom. The third kappa shape index (κ3) is 3.95. The summed E-state index contributed by atoms with van der Waals surface area (Å²) in [6.07, 6.45) is 0.665. The van der Waals surface area contributed by atoms with Crippen LogP contribution in [0.15, 0.2) is 66.7 Å². The van der Waals surface area contributed by atoms with Crippen LogP contribution in [0.4, 0.5) is 9.18 Å². The number of carbonyl (C=O) groups excluding carboxylic acids is 1. The van der Waals surface area contributed by atoms with Gasteiger partial charge in [-0.25, -0.2) is 14.0 Å². The van der Waals surface area contributed by atoms with E-state index in [4.69, 9.17) is 16.3 Å². The second-order valence-corrected chi connectivity index (χ2v) is 8.76. The van der Waals surface area contributed by atoms with Gasteiger partial charge in [-0.15, -0.1) is 0 Å². The van der Waals surface area contributed by atoms with Crippen LogP contribution in [0.2, 0.25) is 5.02 Å². The van der Waals surface area contributed by atoms with Gasteiger partial charge in [-0.3, -0.25) is 4.90 Å². The second-order valence-electron chi connectivity index (χ2n) is 8.36. The van der Waals surface area contributed by atoms with Crippen LogP contribution >= 0.6 is 11.6 Å². The second kappa shape index (κ2) is 8.52. The summed E-state index contributed by atoms with van der Waals surface area (Å²) in [6, 6.07) is 18.1. The highest BCUT2D eigenvalue weighted by atomic mass is 35.5. The number of nitrogens with zero attached hydrogens (tertiary/aromatic N) is 1. The fourth-order valence-corrected chi connectivity index (χ4v) is 4.78. The minimum absolute atomic E-state index is 0.0899. The van der Waals surface area contributed by atoms with Crippen molar-refractivity contribution in [2.45, 2.75) is 30.8 Å². The van der Waals surface area contributed by atoms with Crippen LogP contribution in [0.1, 0.15) is 41.5 Å². The Balaban J connectivity index is 1.41. The number of benzene rings is 3. The third-order valence-electron chi connectivity index (χ3n) is 6.26. The van der Waals surface area contributed by atoms with E-state index in [1.807, 2.05) is 48.5 Å². The monoisotopic (exact) mass is 465 g/mol. The Hall–Kier alpha value is -3.38. The first kappa shape index (κ1) is 21.5. The summed E-state index contributed by atoms with van der Waals surface area (Å²) >= 11 is 5.88. The Labute approximate surface area is 195 Å². The maximum Gasteiger partial charge on any atom is 0.411 e. The highest BCUT2D eigenvalue weighted by molar-refractivity contribution is 6.30. The molecular weight excluding hydrogens is 445 g/mol. The summed E-state index contributed by atoms with van der Waals surface area (Å²) in [6.45, 7) is 0.0899. The largest absolute Gasteiger partial charge is 0.479 e. The summed E-state index contributed by atoms with van der Waals surface area (Å²) in [5, 5.41) is 9.74. The topological polar surface area (TPSA) is 66.8 Å². The summed E-state index contributed by atoms with van der Waals surface area (Å²) < 4.78 is 19.4. The number of carboxylic acids is 1. The number of hydrogen-bond acceptors (Lipinski definition) is 3. The summed E-state index contributed by atoms with van der Waals surface area (Å²) in [5.74, 6) is -2.01. The standard InChI is InChI=1S/C26H21ClFNO4/c27-22-13-15(9-12-23(22)28)24(25(30)31)29(16-10-11-16)26(32)33-14-21-19-7-3-1-5-17(19)18-6-2-4-8-20(18)21/h1-9,12-13,16,21,24H,10-11,14H2,(H,30,31). The van der Waals surface area contributed by atoms with E-state index in [2.05, 4.69) is 0 Å². The minimum atomic E-state index is -1.31. The smallest absolute Gasteiger partial charge is 0.411 e. The molecule has 168 valence electrons. The van der Waals surface area contributed by atoms with Crippen LogP contribution in [0, 0.1) is 5.82 Å². The molecule has 0 saturated heterocycles. The first-order chi connectivity index (χ1) is 16.0. The molecule has 2 aliphatic carbocycles. The molecule has 33 heavy (non-hydrogen) atoms. The number of ether oxygens (including phenoxy) is 1. The molecule has 1 unspecified atom stereocenters. The van der Waals surface area contributed by atoms with Crippen molar-refractivity contribution in [3.8, 4) is 11.1 Å². The summed E-state index contributed by atoms with van der Waals surface area (Å²) in [5.41, 5.74) is 4.60. The molecule has 1 atom stereocenters. The van der Waals surface area contributed by atoms with Gasteiger partial charge >= 0.3 is 12.1 Å². The Morgan fingerprint density at radius 2 is 1.64 bits per heavy atom. The molecule has 2 aliphatic rings. The van der Waals surface area contributed by atoms with E-state index in [1.165, 1.54) is 17.0 Å². The molecule has 0 aromatic heterocycles. The molecule has 3 aromatic rings. The van der Waals surface area contributed by atoms with Crippen LogP contribution in [0.5, 0.6) is 0 Å². The number of carbonyl (C=O) groups is 2. The van der Waals surface area contributed by atoms with Crippen molar-refractivity contribution in [2.75, 3.05) is 6.61 Å². The van der Waals surface area contributed by atoms with Crippen molar-refractivity contribution in [3.05, 3.63) is 94.3 Å². The van der Waals surface area contributed by atoms with Crippen LogP contribution in [-0.2, 0) is 9.53 Å². The number of carboxylic acid groups (broad SMARTS) is 1. The van der Waals surface area contributed by atoms with Gasteiger partial charge < -0.3 is 9.84 Å². The van der Waals surface area contributed by atoms with Crippen molar-refractivity contribution in [1.82, 2.24) is 4.90 Å². The molecule has 1 N–H and O–H groups in total. The molecule has 0 radical (unpaired) electrons. The Bertz CT molecular complexity index is 1200. The van der Waals surface area contributed by atoms with Crippen molar-refractivity contribution in [2.24, 2.45) is 0 Å². The number of amides is 1. The Kier molecular flexibility index (Phi) is 5.54. The van der Waals surface area contributed by atoms with Crippen LogP contribution in [0.3, 0.4) is 0 Å². The molecule has 0 spiro atoms. The zero-order valence-electron chi connectivity index (χ0n) is 17.6. The average molecular weight is 466 g/mol. The Morgan fingerprint density at radius 1 is 1.03 bits per heavy atom. The van der Waals surface area contributed by atoms with E-state index < -0.39 is 23.9 Å². The lowest BCUT2D eigenvalue weighted by atomic mass is 9.98. The molecule has 1 fully saturated rings. The lowest BCUT2D eigenvalue weighted by Crippen LogP contribution is -2.41. The van der Waals surface area contributed by atoms with Gasteiger partial charge in [0.15, 0.2) is 6.04 Å². The lowest BCUT2D eigenvalue weighted by Gasteiger charge is -2.29. The quantitative estimate of drug-likeness (QED) is 0.483. The van der Waals surface area contributed by atoms with Crippen LogP contribution in [0.25, 0.3) is 11.1 Å². The normalized spacial score (nSPS) is 15.5. The molecule has 7 heteroatoms. The maximum absolute atomic E-state index is 13.6. The lowest BCUT2D eigenvalue weighted by molar-refractivity contribution is -0.143. The average Bonchev–Trinajstić information content (AvgIpc) is 3.60. The van der Waals surface area contributed by atoms with E-state index in [1.54, 1.807) is 0 Å². The number of halogens is 2. The van der Waals surface area contributed by atoms with Crippen molar-refractivity contribution in [3.63, 3.8) is 0 Å². The van der Waals surface area contributed by atoms with Gasteiger partial charge in [0.05, 0.1) is 5.02 Å². The van der Waals surface area contributed by atoms with Gasteiger partial charge in [0.2, 0.25) is 0 Å². The first-order valence-electron chi connectivity index (χ1n) is 10.8. The fourth-order valence-electron chi connectivity index (χ4n) is 4.59. The van der Waals surface area contributed by atoms with Crippen molar-refractivity contribution in [1.29, 1.82) is 0 Å². The van der Waals surface area contributed by atoms with E-state index in [0.29, 0.717) is 12.8 Å². The zero-order valence-corrected chi connectivity index (χ0v) is 18.3. The van der Waals surface area contributed by atoms with E-state index in [0.717, 1.165) is 28.3 Å². The van der Waals surface area contributed by atoms with E-state index in [-0.39, 0.29) is 29.2 Å². The minimum Gasteiger partial charge on any atom is -0.479 e. The van der Waals surface area contributed by atoms with Crippen LogP contribution < -0.4 is 0 Å².